The van der Waals surface area contributed by atoms with E-state index in [1.54, 1.807) is 17.5 Å². The minimum absolute atomic E-state index is 0.170. The third-order valence-corrected chi connectivity index (χ3v) is 5.32. The number of thiazole rings is 1. The number of benzene rings is 1. The number of anilines is 2. The molecule has 1 amide bonds. The standard InChI is InChI=1S/C18H20F3N3OS/c19-18(20,21)14-4-6-15(7-5-14)23-16(25)8-3-13-2-1-10-24(12-13)17-22-9-11-26-17/h4-7,9,11,13H,1-3,8,10,12H2,(H,23,25)/t13-/m0/s1. The first kappa shape index (κ1) is 18.7. The van der Waals surface area contributed by atoms with E-state index in [-0.39, 0.29) is 5.91 Å². The summed E-state index contributed by atoms with van der Waals surface area (Å²) in [6.07, 6.45) is 0.694. The van der Waals surface area contributed by atoms with Crippen molar-refractivity contribution in [3.8, 4) is 0 Å². The number of nitrogens with one attached hydrogen (secondary N) is 1. The van der Waals surface area contributed by atoms with E-state index >= 15 is 0 Å². The predicted molar refractivity (Wildman–Crippen MR) is 96.4 cm³/mol. The van der Waals surface area contributed by atoms with Crippen LogP contribution in [0.15, 0.2) is 35.8 Å². The molecule has 0 bridgehead atoms. The zero-order chi connectivity index (χ0) is 18.6. The summed E-state index contributed by atoms with van der Waals surface area (Å²) < 4.78 is 37.6. The van der Waals surface area contributed by atoms with Gasteiger partial charge in [0.05, 0.1) is 5.56 Å². The molecule has 1 saturated heterocycles. The smallest absolute Gasteiger partial charge is 0.348 e. The maximum atomic E-state index is 12.5. The Labute approximate surface area is 154 Å². The molecule has 1 aliphatic heterocycles. The predicted octanol–water partition coefficient (Wildman–Crippen LogP) is 4.80. The van der Waals surface area contributed by atoms with E-state index in [2.05, 4.69) is 15.2 Å². The molecule has 1 N–H and O–H groups in total. The van der Waals surface area contributed by atoms with E-state index in [1.807, 2.05) is 5.38 Å². The summed E-state index contributed by atoms with van der Waals surface area (Å²) in [5, 5.41) is 5.64. The summed E-state index contributed by atoms with van der Waals surface area (Å²) in [6.45, 7) is 1.88. The van der Waals surface area contributed by atoms with Gasteiger partial charge in [-0.15, -0.1) is 11.3 Å². The summed E-state index contributed by atoms with van der Waals surface area (Å²) >= 11 is 1.62. The van der Waals surface area contributed by atoms with Crippen molar-refractivity contribution in [3.05, 3.63) is 41.4 Å². The Morgan fingerprint density at radius 1 is 1.31 bits per heavy atom. The van der Waals surface area contributed by atoms with Gasteiger partial charge in [-0.25, -0.2) is 4.98 Å². The second-order valence-corrected chi connectivity index (χ2v) is 7.30. The highest BCUT2D eigenvalue weighted by Gasteiger charge is 2.30. The molecule has 4 nitrogen and oxygen atoms in total. The fraction of sp³-hybridized carbons (Fsp3) is 0.444. The highest BCUT2D eigenvalue weighted by Crippen LogP contribution is 2.30. The summed E-state index contributed by atoms with van der Waals surface area (Å²) in [5.74, 6) is 0.252. The number of halogens is 3. The van der Waals surface area contributed by atoms with Gasteiger partial charge in [0.25, 0.3) is 0 Å². The summed E-state index contributed by atoms with van der Waals surface area (Å²) in [7, 11) is 0. The molecule has 0 radical (unpaired) electrons. The third kappa shape index (κ3) is 4.97. The van der Waals surface area contributed by atoms with Crippen LogP contribution in [0.3, 0.4) is 0 Å². The topological polar surface area (TPSA) is 45.2 Å². The Balaban J connectivity index is 1.46. The van der Waals surface area contributed by atoms with Crippen molar-refractivity contribution in [1.82, 2.24) is 4.98 Å². The number of hydrogen-bond acceptors (Lipinski definition) is 4. The van der Waals surface area contributed by atoms with Crippen LogP contribution >= 0.6 is 11.3 Å². The Bertz CT molecular complexity index is 716. The van der Waals surface area contributed by atoms with Crippen LogP contribution in [-0.2, 0) is 11.0 Å². The second kappa shape index (κ2) is 8.07. The van der Waals surface area contributed by atoms with Crippen molar-refractivity contribution < 1.29 is 18.0 Å². The molecule has 2 heterocycles. The Kier molecular flexibility index (Phi) is 5.80. The summed E-state index contributed by atoms with van der Waals surface area (Å²) in [6, 6.07) is 4.52. The zero-order valence-electron chi connectivity index (χ0n) is 14.1. The lowest BCUT2D eigenvalue weighted by atomic mass is 9.93. The molecule has 1 aromatic heterocycles. The monoisotopic (exact) mass is 383 g/mol. The fourth-order valence-corrected chi connectivity index (χ4v) is 3.83. The quantitative estimate of drug-likeness (QED) is 0.807. The minimum Gasteiger partial charge on any atom is -0.348 e. The minimum atomic E-state index is -4.37. The highest BCUT2D eigenvalue weighted by molar-refractivity contribution is 7.13. The van der Waals surface area contributed by atoms with Gasteiger partial charge in [-0.3, -0.25) is 4.79 Å². The molecular formula is C18H20F3N3OS. The number of rotatable bonds is 5. The molecule has 1 aromatic carbocycles. The molecule has 26 heavy (non-hydrogen) atoms. The molecule has 1 atom stereocenters. The maximum absolute atomic E-state index is 12.5. The van der Waals surface area contributed by atoms with Crippen molar-refractivity contribution in [3.63, 3.8) is 0 Å². The van der Waals surface area contributed by atoms with Crippen LogP contribution in [-0.4, -0.2) is 24.0 Å². The van der Waals surface area contributed by atoms with E-state index in [9.17, 15) is 18.0 Å². The van der Waals surface area contributed by atoms with Gasteiger partial charge in [-0.05, 0) is 49.4 Å². The molecule has 0 aliphatic carbocycles. The van der Waals surface area contributed by atoms with E-state index in [4.69, 9.17) is 0 Å². The van der Waals surface area contributed by atoms with Gasteiger partial charge in [-0.2, -0.15) is 13.2 Å². The molecular weight excluding hydrogens is 363 g/mol. The molecule has 1 aliphatic rings. The average molecular weight is 383 g/mol. The number of hydrogen-bond donors (Lipinski definition) is 1. The van der Waals surface area contributed by atoms with Gasteiger partial charge in [0.1, 0.15) is 0 Å². The van der Waals surface area contributed by atoms with E-state index in [0.717, 1.165) is 49.6 Å². The number of aromatic nitrogens is 1. The molecule has 2 aromatic rings. The van der Waals surface area contributed by atoms with Gasteiger partial charge < -0.3 is 10.2 Å². The molecule has 140 valence electrons. The SMILES string of the molecule is O=C(CC[C@@H]1CCCN(c2nccs2)C1)Nc1ccc(C(F)(F)F)cc1. The van der Waals surface area contributed by atoms with Crippen molar-refractivity contribution in [2.75, 3.05) is 23.3 Å². The fourth-order valence-electron chi connectivity index (χ4n) is 3.15. The number of alkyl halides is 3. The zero-order valence-corrected chi connectivity index (χ0v) is 14.9. The lowest BCUT2D eigenvalue weighted by molar-refractivity contribution is -0.137. The number of piperidine rings is 1. The van der Waals surface area contributed by atoms with Gasteiger partial charge in [0.15, 0.2) is 5.13 Å². The van der Waals surface area contributed by atoms with Crippen LogP contribution in [0.25, 0.3) is 0 Å². The normalized spacial score (nSPS) is 18.0. The Hall–Kier alpha value is -2.09. The molecule has 3 rings (SSSR count). The Morgan fingerprint density at radius 2 is 2.08 bits per heavy atom. The van der Waals surface area contributed by atoms with Crippen molar-refractivity contribution in [1.29, 1.82) is 0 Å². The van der Waals surface area contributed by atoms with Gasteiger partial charge in [0, 0.05) is 36.8 Å². The molecule has 8 heteroatoms. The molecule has 0 saturated carbocycles. The number of carbonyl (C=O) groups is 1. The number of nitrogens with zero attached hydrogens (tertiary/aromatic N) is 2. The van der Waals surface area contributed by atoms with Gasteiger partial charge in [-0.1, -0.05) is 0 Å². The first-order valence-electron chi connectivity index (χ1n) is 8.53. The van der Waals surface area contributed by atoms with Gasteiger partial charge >= 0.3 is 6.18 Å². The average Bonchev–Trinajstić information content (AvgIpc) is 3.15. The lowest BCUT2D eigenvalue weighted by Gasteiger charge is -2.32. The van der Waals surface area contributed by atoms with Crippen molar-refractivity contribution >= 4 is 28.1 Å². The number of amides is 1. The maximum Gasteiger partial charge on any atom is 0.416 e. The number of carbonyl (C=O) groups excluding carboxylic acids is 1. The van der Waals surface area contributed by atoms with E-state index < -0.39 is 11.7 Å². The van der Waals surface area contributed by atoms with E-state index in [1.165, 1.54) is 12.1 Å². The van der Waals surface area contributed by atoms with Crippen LogP contribution in [0.4, 0.5) is 24.0 Å². The van der Waals surface area contributed by atoms with Crippen molar-refractivity contribution in [2.24, 2.45) is 5.92 Å². The Morgan fingerprint density at radius 3 is 2.73 bits per heavy atom. The van der Waals surface area contributed by atoms with Crippen LogP contribution in [0.5, 0.6) is 0 Å². The van der Waals surface area contributed by atoms with Crippen LogP contribution < -0.4 is 10.2 Å². The van der Waals surface area contributed by atoms with Crippen LogP contribution in [0.1, 0.15) is 31.2 Å². The second-order valence-electron chi connectivity index (χ2n) is 6.43. The van der Waals surface area contributed by atoms with Crippen LogP contribution in [0.2, 0.25) is 0 Å². The largest absolute Gasteiger partial charge is 0.416 e. The highest BCUT2D eigenvalue weighted by atomic mass is 32.1. The summed E-state index contributed by atoms with van der Waals surface area (Å²) in [5.41, 5.74) is -0.337. The first-order chi connectivity index (χ1) is 12.4. The van der Waals surface area contributed by atoms with Gasteiger partial charge in [0.2, 0.25) is 5.91 Å². The first-order valence-corrected chi connectivity index (χ1v) is 9.41. The summed E-state index contributed by atoms with van der Waals surface area (Å²) in [4.78, 5) is 18.7. The van der Waals surface area contributed by atoms with Crippen molar-refractivity contribution in [2.45, 2.75) is 31.9 Å². The third-order valence-electron chi connectivity index (χ3n) is 4.48. The lowest BCUT2D eigenvalue weighted by Crippen LogP contribution is -2.35. The molecule has 0 unspecified atom stereocenters. The molecule has 0 spiro atoms. The van der Waals surface area contributed by atoms with E-state index in [0.29, 0.717) is 18.0 Å². The molecule has 1 fully saturated rings. The van der Waals surface area contributed by atoms with Crippen LogP contribution in [0, 0.1) is 5.92 Å².